The third-order valence-electron chi connectivity index (χ3n) is 2.15. The minimum Gasteiger partial charge on any atom is -0.495 e. The van der Waals surface area contributed by atoms with Crippen molar-refractivity contribution >= 4 is 21.6 Å². The second-order valence-corrected chi connectivity index (χ2v) is 3.99. The van der Waals surface area contributed by atoms with E-state index in [-0.39, 0.29) is 0 Å². The fourth-order valence-electron chi connectivity index (χ4n) is 1.28. The van der Waals surface area contributed by atoms with Gasteiger partial charge >= 0.3 is 0 Å². The quantitative estimate of drug-likeness (QED) is 0.658. The highest BCUT2D eigenvalue weighted by Crippen LogP contribution is 2.28. The van der Waals surface area contributed by atoms with Crippen LogP contribution in [0.4, 0.5) is 5.69 Å². The summed E-state index contributed by atoms with van der Waals surface area (Å²) < 4.78 is 5.31. The predicted octanol–water partition coefficient (Wildman–Crippen LogP) is 3.58. The number of hydrogen-bond acceptors (Lipinski definition) is 2. The molecule has 2 nitrogen and oxygen atoms in total. The van der Waals surface area contributed by atoms with E-state index in [2.05, 4.69) is 53.3 Å². The number of alkyl halides is 1. The van der Waals surface area contributed by atoms with Crippen LogP contribution in [-0.2, 0) is 0 Å². The zero-order valence-corrected chi connectivity index (χ0v) is 10.4. The molecule has 0 heterocycles. The van der Waals surface area contributed by atoms with Crippen LogP contribution < -0.4 is 10.1 Å². The lowest BCUT2D eigenvalue weighted by Crippen LogP contribution is -1.98. The van der Waals surface area contributed by atoms with E-state index in [1.807, 2.05) is 0 Å². The van der Waals surface area contributed by atoms with Gasteiger partial charge in [0.05, 0.1) is 18.3 Å². The highest BCUT2D eigenvalue weighted by molar-refractivity contribution is 9.09. The molecule has 0 atom stereocenters. The van der Waals surface area contributed by atoms with E-state index in [1.54, 1.807) is 7.11 Å². The van der Waals surface area contributed by atoms with E-state index in [4.69, 9.17) is 4.74 Å². The van der Waals surface area contributed by atoms with E-state index in [0.717, 1.165) is 16.9 Å². The molecule has 3 heteroatoms. The van der Waals surface area contributed by atoms with E-state index in [9.17, 15) is 0 Å². The minimum absolute atomic E-state index is 0.530. The van der Waals surface area contributed by atoms with Crippen LogP contribution in [0.3, 0.4) is 0 Å². The van der Waals surface area contributed by atoms with Crippen LogP contribution >= 0.6 is 15.9 Å². The lowest BCUT2D eigenvalue weighted by atomic mass is 10.0. The fraction of sp³-hybridized carbons (Fsp3) is 0.455. The van der Waals surface area contributed by atoms with Crippen LogP contribution in [0.5, 0.6) is 5.75 Å². The molecule has 0 aromatic heterocycles. The van der Waals surface area contributed by atoms with Gasteiger partial charge in [0.1, 0.15) is 5.75 Å². The van der Waals surface area contributed by atoms with Gasteiger partial charge in [-0.1, -0.05) is 35.8 Å². The molecular formula is C11H16BrNO. The molecule has 0 aliphatic rings. The molecule has 1 rings (SSSR count). The number of methoxy groups -OCH3 is 1. The van der Waals surface area contributed by atoms with Crippen molar-refractivity contribution < 1.29 is 4.74 Å². The maximum atomic E-state index is 5.31. The molecule has 1 aromatic carbocycles. The van der Waals surface area contributed by atoms with E-state index < -0.39 is 0 Å². The molecule has 0 spiro atoms. The van der Waals surface area contributed by atoms with Crippen molar-refractivity contribution in [3.8, 4) is 5.75 Å². The smallest absolute Gasteiger partial charge is 0.142 e. The van der Waals surface area contributed by atoms with Gasteiger partial charge in [-0.2, -0.15) is 0 Å². The number of benzene rings is 1. The molecule has 78 valence electrons. The van der Waals surface area contributed by atoms with Crippen molar-refractivity contribution in [2.75, 3.05) is 17.9 Å². The van der Waals surface area contributed by atoms with Gasteiger partial charge in [0.25, 0.3) is 0 Å². The van der Waals surface area contributed by atoms with E-state index in [0.29, 0.717) is 5.92 Å². The summed E-state index contributed by atoms with van der Waals surface area (Å²) in [6.45, 7) is 4.35. The Morgan fingerprint density at radius 2 is 2.14 bits per heavy atom. The summed E-state index contributed by atoms with van der Waals surface area (Å²) in [7, 11) is 1.69. The second kappa shape index (κ2) is 5.25. The molecule has 1 N–H and O–H groups in total. The average Bonchev–Trinajstić information content (AvgIpc) is 2.18. The van der Waals surface area contributed by atoms with Crippen LogP contribution in [0.2, 0.25) is 0 Å². The summed E-state index contributed by atoms with van der Waals surface area (Å²) in [5, 5.41) is 3.18. The standard InChI is InChI=1S/C11H16BrNO/c1-8(2)9-4-5-10(13-7-12)11(6-9)14-3/h4-6,8,13H,7H2,1-3H3. The Kier molecular flexibility index (Phi) is 4.26. The molecule has 0 saturated heterocycles. The van der Waals surface area contributed by atoms with E-state index in [1.165, 1.54) is 5.56 Å². The van der Waals surface area contributed by atoms with Gasteiger partial charge < -0.3 is 10.1 Å². The van der Waals surface area contributed by atoms with Gasteiger partial charge in [-0.3, -0.25) is 0 Å². The molecule has 0 aliphatic heterocycles. The third kappa shape index (κ3) is 2.64. The number of nitrogens with one attached hydrogen (secondary N) is 1. The lowest BCUT2D eigenvalue weighted by Gasteiger charge is -2.12. The van der Waals surface area contributed by atoms with Crippen LogP contribution in [0, 0.1) is 0 Å². The molecule has 1 aromatic rings. The summed E-state index contributed by atoms with van der Waals surface area (Å²) >= 11 is 3.33. The summed E-state index contributed by atoms with van der Waals surface area (Å²) in [5.74, 6) is 1.43. The van der Waals surface area contributed by atoms with Crippen LogP contribution in [-0.4, -0.2) is 12.6 Å². The van der Waals surface area contributed by atoms with Crippen molar-refractivity contribution in [2.45, 2.75) is 19.8 Å². The molecule has 0 saturated carbocycles. The van der Waals surface area contributed by atoms with Crippen LogP contribution in [0.25, 0.3) is 0 Å². The van der Waals surface area contributed by atoms with E-state index >= 15 is 0 Å². The Balaban J connectivity index is 2.98. The van der Waals surface area contributed by atoms with Gasteiger partial charge in [0.15, 0.2) is 0 Å². The van der Waals surface area contributed by atoms with Gasteiger partial charge in [-0.25, -0.2) is 0 Å². The highest BCUT2D eigenvalue weighted by atomic mass is 79.9. The van der Waals surface area contributed by atoms with Gasteiger partial charge in [-0.05, 0) is 23.6 Å². The number of hydrogen-bond donors (Lipinski definition) is 1. The average molecular weight is 258 g/mol. The van der Waals surface area contributed by atoms with Gasteiger partial charge in [-0.15, -0.1) is 0 Å². The van der Waals surface area contributed by atoms with Gasteiger partial charge in [0, 0.05) is 0 Å². The number of halogens is 1. The third-order valence-corrected chi connectivity index (χ3v) is 2.43. The Bertz CT molecular complexity index is 299. The van der Waals surface area contributed by atoms with Gasteiger partial charge in [0.2, 0.25) is 0 Å². The zero-order valence-electron chi connectivity index (χ0n) is 8.80. The maximum absolute atomic E-state index is 5.31. The first kappa shape index (κ1) is 11.4. The number of ether oxygens (including phenoxy) is 1. The Labute approximate surface area is 93.8 Å². The Morgan fingerprint density at radius 3 is 2.64 bits per heavy atom. The molecule has 0 fully saturated rings. The Morgan fingerprint density at radius 1 is 1.43 bits per heavy atom. The second-order valence-electron chi connectivity index (χ2n) is 3.42. The molecule has 0 bridgehead atoms. The number of anilines is 1. The van der Waals surface area contributed by atoms with Crippen molar-refractivity contribution in [3.63, 3.8) is 0 Å². The summed E-state index contributed by atoms with van der Waals surface area (Å²) in [6, 6.07) is 6.25. The normalized spacial score (nSPS) is 10.4. The van der Waals surface area contributed by atoms with Crippen molar-refractivity contribution in [2.24, 2.45) is 0 Å². The fourth-order valence-corrected chi connectivity index (χ4v) is 1.59. The van der Waals surface area contributed by atoms with Crippen LogP contribution in [0.1, 0.15) is 25.3 Å². The highest BCUT2D eigenvalue weighted by Gasteiger charge is 2.05. The topological polar surface area (TPSA) is 21.3 Å². The Hall–Kier alpha value is -0.700. The molecule has 0 unspecified atom stereocenters. The SMILES string of the molecule is COc1cc(C(C)C)ccc1NCBr. The molecular weight excluding hydrogens is 242 g/mol. The summed E-state index contributed by atoms with van der Waals surface area (Å²) in [6.07, 6.45) is 0. The number of rotatable bonds is 4. The summed E-state index contributed by atoms with van der Waals surface area (Å²) in [5.41, 5.74) is 3.04. The van der Waals surface area contributed by atoms with Crippen molar-refractivity contribution in [1.29, 1.82) is 0 Å². The van der Waals surface area contributed by atoms with Crippen LogP contribution in [0.15, 0.2) is 18.2 Å². The van der Waals surface area contributed by atoms with Crippen molar-refractivity contribution in [3.05, 3.63) is 23.8 Å². The van der Waals surface area contributed by atoms with Crippen molar-refractivity contribution in [1.82, 2.24) is 0 Å². The minimum atomic E-state index is 0.530. The largest absolute Gasteiger partial charge is 0.495 e. The predicted molar refractivity (Wildman–Crippen MR) is 64.5 cm³/mol. The lowest BCUT2D eigenvalue weighted by molar-refractivity contribution is 0.416. The zero-order chi connectivity index (χ0) is 10.6. The summed E-state index contributed by atoms with van der Waals surface area (Å²) in [4.78, 5) is 0. The first-order valence-electron chi connectivity index (χ1n) is 4.66. The first-order chi connectivity index (χ1) is 6.69. The maximum Gasteiger partial charge on any atom is 0.142 e. The molecule has 14 heavy (non-hydrogen) atoms. The first-order valence-corrected chi connectivity index (χ1v) is 5.79. The molecule has 0 radical (unpaired) electrons. The monoisotopic (exact) mass is 257 g/mol. The molecule has 0 aliphatic carbocycles. The molecule has 0 amide bonds.